The highest BCUT2D eigenvalue weighted by atomic mass is 19.4. The van der Waals surface area contributed by atoms with Gasteiger partial charge in [-0.15, -0.1) is 0 Å². The highest BCUT2D eigenvalue weighted by Crippen LogP contribution is 2.49. The van der Waals surface area contributed by atoms with Gasteiger partial charge in [-0.05, 0) is 154 Å². The van der Waals surface area contributed by atoms with Crippen molar-refractivity contribution in [2.45, 2.75) is 149 Å². The van der Waals surface area contributed by atoms with Gasteiger partial charge in [0, 0.05) is 110 Å². The second-order valence-corrected chi connectivity index (χ2v) is 28.7. The molecule has 6 aromatic rings. The lowest BCUT2D eigenvalue weighted by atomic mass is 9.83. The fourth-order valence-electron chi connectivity index (χ4n) is 14.4. The lowest BCUT2D eigenvalue weighted by Crippen LogP contribution is -2.52. The summed E-state index contributed by atoms with van der Waals surface area (Å²) in [7, 11) is 1.96. The first-order chi connectivity index (χ1) is 50.6. The first-order valence-electron chi connectivity index (χ1n) is 35.4. The maximum Gasteiger partial charge on any atom is 0.416 e. The maximum atomic E-state index is 13.3. The third-order valence-electron chi connectivity index (χ3n) is 20.0. The molecule has 2 atom stereocenters. The summed E-state index contributed by atoms with van der Waals surface area (Å²) in [5, 5.41) is 14.4. The number of fused-ring (bicyclic) bond motifs is 6. The number of rotatable bonds is 10. The Morgan fingerprint density at radius 1 is 0.505 bits per heavy atom. The summed E-state index contributed by atoms with van der Waals surface area (Å²) in [6, 6.07) is 25.8. The zero-order chi connectivity index (χ0) is 76.5. The van der Waals surface area contributed by atoms with E-state index in [1.807, 2.05) is 45.2 Å². The van der Waals surface area contributed by atoms with E-state index in [-0.39, 0.29) is 61.9 Å². The Labute approximate surface area is 627 Å². The molecular formula is C81H91F9N8O11. The first-order valence-corrected chi connectivity index (χ1v) is 35.4. The number of para-hydroxylation sites is 1. The molecule has 6 aromatic carbocycles. The summed E-state index contributed by atoms with van der Waals surface area (Å²) in [4.78, 5) is 70.6. The molecule has 0 spiro atoms. The molecule has 584 valence electrons. The fourth-order valence-corrected chi connectivity index (χ4v) is 14.4. The summed E-state index contributed by atoms with van der Waals surface area (Å²) in [6.07, 6.45) is -5.74. The Balaban J connectivity index is 0.000000173. The molecule has 5 N–H and O–H groups in total. The molecule has 5 amide bonds. The number of ether oxygens (including phenoxy) is 6. The number of carbonyl (C=O) groups is 5. The molecule has 2 saturated heterocycles. The van der Waals surface area contributed by atoms with Crippen LogP contribution in [0.15, 0.2) is 127 Å². The molecule has 8 heterocycles. The van der Waals surface area contributed by atoms with Gasteiger partial charge in [0.1, 0.15) is 40.7 Å². The predicted molar refractivity (Wildman–Crippen MR) is 400 cm³/mol. The third kappa shape index (κ3) is 19.2. The van der Waals surface area contributed by atoms with Gasteiger partial charge >= 0.3 is 18.5 Å². The number of nitrogens with one attached hydrogen (secondary N) is 5. The molecule has 19 nitrogen and oxygen atoms in total. The lowest BCUT2D eigenvalue weighted by molar-refractivity contribution is -0.138. The average Bonchev–Trinajstić information content (AvgIpc) is 0.772. The normalized spacial score (nSPS) is 20.7. The quantitative estimate of drug-likeness (QED) is 0.0638. The van der Waals surface area contributed by atoms with E-state index in [1.165, 1.54) is 36.4 Å². The van der Waals surface area contributed by atoms with Gasteiger partial charge in [-0.2, -0.15) is 39.5 Å². The summed E-state index contributed by atoms with van der Waals surface area (Å²) in [5.74, 6) is -0.438. The van der Waals surface area contributed by atoms with Crippen LogP contribution in [-0.4, -0.2) is 141 Å². The average molecular weight is 1520 g/mol. The first kappa shape index (κ1) is 81.6. The van der Waals surface area contributed by atoms with Gasteiger partial charge in [-0.25, -0.2) is 0 Å². The molecule has 0 radical (unpaired) electrons. The number of halogens is 9. The number of amides is 5. The number of morpholine rings is 2. The minimum absolute atomic E-state index is 0. The van der Waals surface area contributed by atoms with Crippen LogP contribution in [0, 0.1) is 0 Å². The topological polar surface area (TPSA) is 211 Å². The van der Waals surface area contributed by atoms with Crippen LogP contribution in [0.25, 0.3) is 16.7 Å². The van der Waals surface area contributed by atoms with Crippen LogP contribution in [0.5, 0.6) is 23.0 Å². The summed E-state index contributed by atoms with van der Waals surface area (Å²) < 4.78 is 153. The monoisotopic (exact) mass is 1520 g/mol. The van der Waals surface area contributed by atoms with Crippen molar-refractivity contribution in [3.63, 3.8) is 0 Å². The number of hydrogen-bond acceptors (Lipinski definition) is 14. The third-order valence-corrected chi connectivity index (χ3v) is 20.0. The second-order valence-electron chi connectivity index (χ2n) is 28.7. The van der Waals surface area contributed by atoms with Crippen LogP contribution in [0.3, 0.4) is 0 Å². The maximum absolute atomic E-state index is 13.3. The molecule has 109 heavy (non-hydrogen) atoms. The van der Waals surface area contributed by atoms with E-state index in [0.29, 0.717) is 172 Å². The van der Waals surface area contributed by atoms with Crippen LogP contribution in [0.4, 0.5) is 73.6 Å². The molecule has 14 rings (SSSR count). The van der Waals surface area contributed by atoms with E-state index in [1.54, 1.807) is 58.0 Å². The molecule has 2 unspecified atom stereocenters. The van der Waals surface area contributed by atoms with Crippen molar-refractivity contribution in [1.82, 2.24) is 9.80 Å². The Hall–Kier alpha value is -9.90. The van der Waals surface area contributed by atoms with Crippen molar-refractivity contribution in [2.75, 3.05) is 104 Å². The summed E-state index contributed by atoms with van der Waals surface area (Å²) in [6.45, 7) is 17.4. The van der Waals surface area contributed by atoms with E-state index in [4.69, 9.17) is 28.4 Å². The molecular weight excluding hydrogens is 1430 g/mol. The number of likely N-dealkylation sites (N-methyl/N-ethyl adjacent to an activating group) is 1. The van der Waals surface area contributed by atoms with Crippen molar-refractivity contribution in [3.8, 4) is 23.0 Å². The SMILES string of the molecule is C.C.CC1(C)C/C(=C\C(=O)Nc2ccc3c(c2)NC(=O)C(N2CCOCC2)C3)c2ccc(C(F)(F)F)cc2O1.CC1(C)C/C(=C\C(=O)Nc2ccc3c(c2)NC(=O)C(N2CCOCC2)C3)c2ccc(C(F)(F)F)cc2O1.CCC1(CC)C/C(=C\C(=O)Nc2cccc3c2OCCN3C)c2ccc(C(F)(F)F)cc2O1. The van der Waals surface area contributed by atoms with E-state index >= 15 is 0 Å². The van der Waals surface area contributed by atoms with Crippen LogP contribution in [0.1, 0.15) is 133 Å². The standard InChI is InChI=1S/2C27H28F3N3O4.C25H27F3N2O3.2CH4/c2*1-26(2)15-17(20-6-4-18(27(28,29)30)13-23(20)37-26)12-24(34)31-19-5-3-16-11-22(25(35)32-21(16)14-19)33-7-9-36-10-8-33;1-4-24(5-2)15-16(18-10-9-17(25(26,27)28)14-21(18)33-24)13-22(31)29-19-7-6-8-20-23(19)32-12-11-30(20)3;;/h2*3-6,12-14,22H,7-11,15H2,1-2H3,(H,31,34)(H,32,35);6-10,13-14H,4-5,11-12,15H2,1-3H3,(H,29,31);2*1H4/b2*17-12+;16-13+;;. The molecule has 0 aromatic heterocycles. The molecule has 2 fully saturated rings. The number of alkyl halides is 9. The van der Waals surface area contributed by atoms with Crippen molar-refractivity contribution >= 4 is 80.4 Å². The molecule has 0 aliphatic carbocycles. The zero-order valence-electron chi connectivity index (χ0n) is 60.0. The van der Waals surface area contributed by atoms with Crippen LogP contribution in [0.2, 0.25) is 0 Å². The number of carbonyl (C=O) groups excluding carboxylic acids is 5. The Morgan fingerprint density at radius 2 is 0.899 bits per heavy atom. The number of anilines is 6. The van der Waals surface area contributed by atoms with Crippen LogP contribution in [-0.2, 0) is 64.8 Å². The number of benzene rings is 6. The number of nitrogens with zero attached hydrogens (tertiary/aromatic N) is 3. The predicted octanol–water partition coefficient (Wildman–Crippen LogP) is 16.1. The van der Waals surface area contributed by atoms with Crippen LogP contribution >= 0.6 is 0 Å². The van der Waals surface area contributed by atoms with Gasteiger partial charge in [0.05, 0.1) is 73.1 Å². The van der Waals surface area contributed by atoms with E-state index in [2.05, 4.69) is 41.3 Å². The van der Waals surface area contributed by atoms with E-state index in [0.717, 1.165) is 59.8 Å². The minimum Gasteiger partial charge on any atom is -0.487 e. The van der Waals surface area contributed by atoms with Crippen molar-refractivity contribution in [2.24, 2.45) is 0 Å². The molecule has 0 bridgehead atoms. The van der Waals surface area contributed by atoms with Crippen molar-refractivity contribution in [3.05, 3.63) is 172 Å². The van der Waals surface area contributed by atoms with Gasteiger partial charge in [0.2, 0.25) is 29.5 Å². The molecule has 28 heteroatoms. The van der Waals surface area contributed by atoms with E-state index < -0.39 is 63.8 Å². The van der Waals surface area contributed by atoms with Crippen molar-refractivity contribution < 1.29 is 91.9 Å². The van der Waals surface area contributed by atoms with Crippen molar-refractivity contribution in [1.29, 1.82) is 0 Å². The van der Waals surface area contributed by atoms with E-state index in [9.17, 15) is 63.5 Å². The zero-order valence-corrected chi connectivity index (χ0v) is 60.0. The fraction of sp³-hybridized carbons (Fsp3) is 0.420. The van der Waals surface area contributed by atoms with Crippen LogP contribution < -0.4 is 50.4 Å². The minimum atomic E-state index is -4.49. The lowest BCUT2D eigenvalue weighted by Gasteiger charge is -2.39. The Kier molecular flexibility index (Phi) is 24.5. The summed E-state index contributed by atoms with van der Waals surface area (Å²) >= 11 is 0. The number of hydrogen-bond donors (Lipinski definition) is 5. The molecule has 8 aliphatic heterocycles. The second kappa shape index (κ2) is 32.7. The largest absolute Gasteiger partial charge is 0.487 e. The molecule has 0 saturated carbocycles. The highest BCUT2D eigenvalue weighted by molar-refractivity contribution is 6.08. The van der Waals surface area contributed by atoms with Gasteiger partial charge in [-0.3, -0.25) is 33.8 Å². The Bertz CT molecular complexity index is 4320. The molecule has 8 aliphatic rings. The van der Waals surface area contributed by atoms with Gasteiger partial charge in [0.15, 0.2) is 5.75 Å². The van der Waals surface area contributed by atoms with Gasteiger partial charge < -0.3 is 59.9 Å². The van der Waals surface area contributed by atoms with Gasteiger partial charge in [0.25, 0.3) is 0 Å². The van der Waals surface area contributed by atoms with Gasteiger partial charge in [-0.1, -0.05) is 65.1 Å². The highest BCUT2D eigenvalue weighted by Gasteiger charge is 2.42. The smallest absolute Gasteiger partial charge is 0.416 e. The Morgan fingerprint density at radius 3 is 1.30 bits per heavy atom. The summed E-state index contributed by atoms with van der Waals surface area (Å²) in [5.41, 5.74) is 4.31.